The van der Waals surface area contributed by atoms with Crippen molar-refractivity contribution in [2.75, 3.05) is 13.7 Å². The lowest BCUT2D eigenvalue weighted by Gasteiger charge is -2.19. The maximum absolute atomic E-state index is 6.10. The van der Waals surface area contributed by atoms with E-state index in [2.05, 4.69) is 29.1 Å². The van der Waals surface area contributed by atoms with Crippen molar-refractivity contribution in [3.63, 3.8) is 0 Å². The predicted molar refractivity (Wildman–Crippen MR) is 87.2 cm³/mol. The fraction of sp³-hybridized carbons (Fsp3) is 0.375. The minimum absolute atomic E-state index is 0.391. The maximum atomic E-state index is 6.10. The zero-order valence-electron chi connectivity index (χ0n) is 11.9. The van der Waals surface area contributed by atoms with Gasteiger partial charge in [0.25, 0.3) is 0 Å². The van der Waals surface area contributed by atoms with Crippen LogP contribution in [0.3, 0.4) is 0 Å². The third-order valence-corrected chi connectivity index (χ3v) is 4.23. The van der Waals surface area contributed by atoms with Crippen LogP contribution in [-0.2, 0) is 12.8 Å². The Morgan fingerprint density at radius 1 is 1.30 bits per heavy atom. The maximum Gasteiger partial charge on any atom is 0.122 e. The Morgan fingerprint density at radius 2 is 2.15 bits per heavy atom. The lowest BCUT2D eigenvalue weighted by Crippen LogP contribution is -2.33. The molecule has 2 aromatic rings. The Hall–Kier alpha value is -1.03. The first kappa shape index (κ1) is 15.4. The summed E-state index contributed by atoms with van der Waals surface area (Å²) in [5.74, 6) is 0.905. The molecule has 1 aromatic heterocycles. The van der Waals surface area contributed by atoms with Gasteiger partial charge >= 0.3 is 0 Å². The quantitative estimate of drug-likeness (QED) is 0.828. The fourth-order valence-electron chi connectivity index (χ4n) is 2.37. The lowest BCUT2D eigenvalue weighted by molar-refractivity contribution is 0.405. The van der Waals surface area contributed by atoms with Crippen LogP contribution in [0.5, 0.6) is 5.75 Å². The van der Waals surface area contributed by atoms with Crippen LogP contribution < -0.4 is 10.1 Å². The Labute approximate surface area is 129 Å². The predicted octanol–water partition coefficient (Wildman–Crippen LogP) is 4.17. The molecule has 2 rings (SSSR count). The molecular weight excluding hydrogens is 290 g/mol. The highest BCUT2D eigenvalue weighted by Gasteiger charge is 2.13. The number of methoxy groups -OCH3 is 1. The minimum Gasteiger partial charge on any atom is -0.496 e. The van der Waals surface area contributed by atoms with Gasteiger partial charge in [0.05, 0.1) is 7.11 Å². The number of hydrogen-bond donors (Lipinski definition) is 1. The Kier molecular flexibility index (Phi) is 5.89. The molecule has 1 heterocycles. The number of halogens is 1. The van der Waals surface area contributed by atoms with E-state index in [-0.39, 0.29) is 0 Å². The Morgan fingerprint density at radius 3 is 2.80 bits per heavy atom. The van der Waals surface area contributed by atoms with Crippen LogP contribution in [0.1, 0.15) is 18.1 Å². The Balaban J connectivity index is 2.12. The molecule has 2 nitrogen and oxygen atoms in total. The van der Waals surface area contributed by atoms with Crippen molar-refractivity contribution in [3.8, 4) is 5.75 Å². The topological polar surface area (TPSA) is 21.3 Å². The fourth-order valence-corrected chi connectivity index (χ4v) is 3.25. The first-order valence-corrected chi connectivity index (χ1v) is 8.12. The van der Waals surface area contributed by atoms with Gasteiger partial charge < -0.3 is 10.1 Å². The summed E-state index contributed by atoms with van der Waals surface area (Å²) in [6, 6.07) is 8.38. The standard InChI is InChI=1S/C16H20ClNOS/c1-3-18-15(8-12-6-7-20-11-12)10-13-9-14(17)4-5-16(13)19-2/h4-7,9,11,15,18H,3,8,10H2,1-2H3. The van der Waals surface area contributed by atoms with Crippen LogP contribution in [0.2, 0.25) is 5.02 Å². The van der Waals surface area contributed by atoms with Crippen molar-refractivity contribution >= 4 is 22.9 Å². The van der Waals surface area contributed by atoms with Crippen LogP contribution >= 0.6 is 22.9 Å². The van der Waals surface area contributed by atoms with Gasteiger partial charge in [0.1, 0.15) is 5.75 Å². The summed E-state index contributed by atoms with van der Waals surface area (Å²) in [7, 11) is 1.70. The first-order chi connectivity index (χ1) is 9.72. The monoisotopic (exact) mass is 309 g/mol. The number of likely N-dealkylation sites (N-methyl/N-ethyl adjacent to an activating group) is 1. The molecule has 1 N–H and O–H groups in total. The lowest BCUT2D eigenvalue weighted by atomic mass is 9.99. The molecule has 1 aromatic carbocycles. The van der Waals surface area contributed by atoms with Gasteiger partial charge in [0, 0.05) is 11.1 Å². The van der Waals surface area contributed by atoms with Gasteiger partial charge in [-0.05, 0) is 65.5 Å². The average Bonchev–Trinajstić information content (AvgIpc) is 2.92. The van der Waals surface area contributed by atoms with E-state index in [0.29, 0.717) is 6.04 Å². The van der Waals surface area contributed by atoms with Gasteiger partial charge in [0.15, 0.2) is 0 Å². The molecule has 0 aliphatic carbocycles. The van der Waals surface area contributed by atoms with Crippen LogP contribution in [0, 0.1) is 0 Å². The number of nitrogens with one attached hydrogen (secondary N) is 1. The van der Waals surface area contributed by atoms with Gasteiger partial charge in [-0.3, -0.25) is 0 Å². The third-order valence-electron chi connectivity index (χ3n) is 3.26. The second-order valence-corrected chi connectivity index (χ2v) is 5.97. The summed E-state index contributed by atoms with van der Waals surface area (Å²) in [5.41, 5.74) is 2.53. The number of benzene rings is 1. The van der Waals surface area contributed by atoms with Crippen LogP contribution in [0.25, 0.3) is 0 Å². The van der Waals surface area contributed by atoms with Gasteiger partial charge in [-0.1, -0.05) is 18.5 Å². The third kappa shape index (κ3) is 4.23. The summed E-state index contributed by atoms with van der Waals surface area (Å²) < 4.78 is 5.43. The largest absolute Gasteiger partial charge is 0.496 e. The van der Waals surface area contributed by atoms with E-state index in [9.17, 15) is 0 Å². The van der Waals surface area contributed by atoms with E-state index in [1.807, 2.05) is 18.2 Å². The first-order valence-electron chi connectivity index (χ1n) is 6.79. The van der Waals surface area contributed by atoms with Crippen molar-refractivity contribution in [1.82, 2.24) is 5.32 Å². The molecule has 108 valence electrons. The van der Waals surface area contributed by atoms with Crippen LogP contribution in [0.4, 0.5) is 0 Å². The summed E-state index contributed by atoms with van der Waals surface area (Å²) in [6.07, 6.45) is 1.93. The molecule has 0 radical (unpaired) electrons. The van der Waals surface area contributed by atoms with Gasteiger partial charge in [0.2, 0.25) is 0 Å². The number of rotatable bonds is 7. The van der Waals surface area contributed by atoms with Gasteiger partial charge in [-0.15, -0.1) is 0 Å². The molecule has 0 spiro atoms. The molecule has 4 heteroatoms. The average molecular weight is 310 g/mol. The number of hydrogen-bond acceptors (Lipinski definition) is 3. The summed E-state index contributed by atoms with van der Waals surface area (Å²) in [4.78, 5) is 0. The van der Waals surface area contributed by atoms with E-state index in [0.717, 1.165) is 35.7 Å². The molecule has 0 fully saturated rings. The molecule has 0 aliphatic rings. The highest BCUT2D eigenvalue weighted by molar-refractivity contribution is 7.07. The summed E-state index contributed by atoms with van der Waals surface area (Å²) in [5, 5.41) is 8.63. The minimum atomic E-state index is 0.391. The van der Waals surface area contributed by atoms with Crippen molar-refractivity contribution in [2.24, 2.45) is 0 Å². The summed E-state index contributed by atoms with van der Waals surface area (Å²) >= 11 is 7.85. The second kappa shape index (κ2) is 7.67. The zero-order valence-corrected chi connectivity index (χ0v) is 13.4. The molecule has 1 unspecified atom stereocenters. The number of thiophene rings is 1. The van der Waals surface area contributed by atoms with Crippen LogP contribution in [-0.4, -0.2) is 19.7 Å². The smallest absolute Gasteiger partial charge is 0.122 e. The molecule has 0 amide bonds. The highest BCUT2D eigenvalue weighted by Crippen LogP contribution is 2.24. The number of ether oxygens (including phenoxy) is 1. The molecule has 0 saturated carbocycles. The zero-order chi connectivity index (χ0) is 14.4. The second-order valence-electron chi connectivity index (χ2n) is 4.75. The molecular formula is C16H20ClNOS. The molecule has 1 atom stereocenters. The van der Waals surface area contributed by atoms with E-state index >= 15 is 0 Å². The molecule has 0 saturated heterocycles. The van der Waals surface area contributed by atoms with E-state index in [1.54, 1.807) is 18.4 Å². The van der Waals surface area contributed by atoms with Crippen molar-refractivity contribution < 1.29 is 4.74 Å². The molecule has 0 bridgehead atoms. The normalized spacial score (nSPS) is 12.3. The van der Waals surface area contributed by atoms with E-state index < -0.39 is 0 Å². The summed E-state index contributed by atoms with van der Waals surface area (Å²) in [6.45, 7) is 3.09. The SMILES string of the molecule is CCNC(Cc1ccsc1)Cc1cc(Cl)ccc1OC. The van der Waals surface area contributed by atoms with Crippen LogP contribution in [0.15, 0.2) is 35.0 Å². The molecule has 20 heavy (non-hydrogen) atoms. The Bertz CT molecular complexity index is 527. The van der Waals surface area contributed by atoms with Crippen molar-refractivity contribution in [3.05, 3.63) is 51.2 Å². The van der Waals surface area contributed by atoms with E-state index in [4.69, 9.17) is 16.3 Å². The van der Waals surface area contributed by atoms with E-state index in [1.165, 1.54) is 5.56 Å². The highest BCUT2D eigenvalue weighted by atomic mass is 35.5. The van der Waals surface area contributed by atoms with Crippen molar-refractivity contribution in [2.45, 2.75) is 25.8 Å². The van der Waals surface area contributed by atoms with Crippen molar-refractivity contribution in [1.29, 1.82) is 0 Å². The van der Waals surface area contributed by atoms with Gasteiger partial charge in [-0.2, -0.15) is 11.3 Å². The van der Waals surface area contributed by atoms with Gasteiger partial charge in [-0.25, -0.2) is 0 Å². The molecule has 0 aliphatic heterocycles.